The summed E-state index contributed by atoms with van der Waals surface area (Å²) in [5.74, 6) is 0. The topological polar surface area (TPSA) is 33.1 Å². The molecule has 1 aromatic heterocycles. The number of aryl methyl sites for hydroxylation is 2. The van der Waals surface area contributed by atoms with Gasteiger partial charge in [0.1, 0.15) is 0 Å². The second-order valence-electron chi connectivity index (χ2n) is 5.27. The van der Waals surface area contributed by atoms with Gasteiger partial charge in [0.2, 0.25) is 0 Å². The van der Waals surface area contributed by atoms with Gasteiger partial charge < -0.3 is 0 Å². The van der Waals surface area contributed by atoms with E-state index >= 15 is 0 Å². The third kappa shape index (κ3) is 2.87. The van der Waals surface area contributed by atoms with Crippen LogP contribution in [-0.2, 0) is 13.6 Å². The molecule has 4 heteroatoms. The maximum absolute atomic E-state index is 4.37. The summed E-state index contributed by atoms with van der Waals surface area (Å²) >= 11 is 0. The van der Waals surface area contributed by atoms with Crippen LogP contribution in [0.15, 0.2) is 6.07 Å². The predicted octanol–water partition coefficient (Wildman–Crippen LogP) is 2.00. The molecule has 0 saturated carbocycles. The fourth-order valence-corrected chi connectivity index (χ4v) is 2.73. The summed E-state index contributed by atoms with van der Waals surface area (Å²) in [6.07, 6.45) is 3.94. The maximum Gasteiger partial charge on any atom is 0.0597 e. The Kier molecular flexibility index (Phi) is 3.84. The first-order valence-corrected chi connectivity index (χ1v) is 6.59. The SMILES string of the molecule is Cc1cc(CNN2C(C)CCCC2C)n(C)n1. The fourth-order valence-electron chi connectivity index (χ4n) is 2.73. The second kappa shape index (κ2) is 5.19. The first kappa shape index (κ1) is 12.6. The molecule has 1 aliphatic heterocycles. The van der Waals surface area contributed by atoms with Gasteiger partial charge >= 0.3 is 0 Å². The van der Waals surface area contributed by atoms with Gasteiger partial charge in [-0.1, -0.05) is 6.42 Å². The highest BCUT2D eigenvalue weighted by Gasteiger charge is 2.24. The molecule has 0 amide bonds. The highest BCUT2D eigenvalue weighted by molar-refractivity contribution is 5.08. The molecule has 2 atom stereocenters. The van der Waals surface area contributed by atoms with Crippen LogP contribution in [0, 0.1) is 6.92 Å². The monoisotopic (exact) mass is 236 g/mol. The summed E-state index contributed by atoms with van der Waals surface area (Å²) in [6, 6.07) is 3.41. The van der Waals surface area contributed by atoms with Crippen LogP contribution in [0.3, 0.4) is 0 Å². The lowest BCUT2D eigenvalue weighted by Gasteiger charge is -2.39. The molecule has 2 heterocycles. The predicted molar refractivity (Wildman–Crippen MR) is 69.4 cm³/mol. The van der Waals surface area contributed by atoms with E-state index in [1.165, 1.54) is 25.0 Å². The van der Waals surface area contributed by atoms with E-state index in [1.54, 1.807) is 0 Å². The van der Waals surface area contributed by atoms with E-state index in [-0.39, 0.29) is 0 Å². The van der Waals surface area contributed by atoms with Crippen LogP contribution in [0.25, 0.3) is 0 Å². The van der Waals surface area contributed by atoms with E-state index in [1.807, 2.05) is 18.7 Å². The molecule has 2 unspecified atom stereocenters. The number of piperidine rings is 1. The van der Waals surface area contributed by atoms with Crippen molar-refractivity contribution in [1.82, 2.24) is 20.2 Å². The zero-order valence-electron chi connectivity index (χ0n) is 11.4. The molecule has 0 bridgehead atoms. The van der Waals surface area contributed by atoms with E-state index in [0.717, 1.165) is 12.2 Å². The maximum atomic E-state index is 4.37. The number of hydrazine groups is 1. The minimum Gasteiger partial charge on any atom is -0.271 e. The van der Waals surface area contributed by atoms with Crippen LogP contribution in [0.5, 0.6) is 0 Å². The third-order valence-electron chi connectivity index (χ3n) is 3.74. The Balaban J connectivity index is 1.94. The molecule has 1 fully saturated rings. The summed E-state index contributed by atoms with van der Waals surface area (Å²) in [4.78, 5) is 0. The zero-order chi connectivity index (χ0) is 12.4. The Hall–Kier alpha value is -0.870. The van der Waals surface area contributed by atoms with Gasteiger partial charge in [0.15, 0.2) is 0 Å². The summed E-state index contributed by atoms with van der Waals surface area (Å²) in [7, 11) is 2.01. The first-order valence-electron chi connectivity index (χ1n) is 6.59. The van der Waals surface area contributed by atoms with Crippen molar-refractivity contribution in [3.63, 3.8) is 0 Å². The average molecular weight is 236 g/mol. The van der Waals surface area contributed by atoms with E-state index < -0.39 is 0 Å². The number of nitrogens with zero attached hydrogens (tertiary/aromatic N) is 3. The minimum atomic E-state index is 0.632. The summed E-state index contributed by atoms with van der Waals surface area (Å²) < 4.78 is 1.96. The van der Waals surface area contributed by atoms with Crippen molar-refractivity contribution in [2.45, 2.75) is 58.7 Å². The van der Waals surface area contributed by atoms with Crippen molar-refractivity contribution >= 4 is 0 Å². The van der Waals surface area contributed by atoms with Crippen molar-refractivity contribution < 1.29 is 0 Å². The Morgan fingerprint density at radius 3 is 2.53 bits per heavy atom. The molecule has 17 heavy (non-hydrogen) atoms. The molecule has 1 N–H and O–H groups in total. The lowest BCUT2D eigenvalue weighted by molar-refractivity contribution is 0.0427. The smallest absolute Gasteiger partial charge is 0.0597 e. The molecule has 1 aromatic rings. The van der Waals surface area contributed by atoms with Crippen LogP contribution in [0.4, 0.5) is 0 Å². The normalized spacial score (nSPS) is 26.4. The van der Waals surface area contributed by atoms with E-state index in [4.69, 9.17) is 0 Å². The van der Waals surface area contributed by atoms with Gasteiger partial charge in [-0.15, -0.1) is 0 Å². The number of rotatable bonds is 3. The summed E-state index contributed by atoms with van der Waals surface area (Å²) in [5.41, 5.74) is 5.89. The highest BCUT2D eigenvalue weighted by Crippen LogP contribution is 2.20. The van der Waals surface area contributed by atoms with E-state index in [9.17, 15) is 0 Å². The van der Waals surface area contributed by atoms with Crippen LogP contribution in [-0.4, -0.2) is 26.9 Å². The fraction of sp³-hybridized carbons (Fsp3) is 0.769. The van der Waals surface area contributed by atoms with Gasteiger partial charge in [-0.05, 0) is 39.7 Å². The van der Waals surface area contributed by atoms with Crippen LogP contribution >= 0.6 is 0 Å². The Labute approximate surface area is 104 Å². The lowest BCUT2D eigenvalue weighted by atomic mass is 10.00. The van der Waals surface area contributed by atoms with Gasteiger partial charge in [-0.2, -0.15) is 5.10 Å². The van der Waals surface area contributed by atoms with Crippen LogP contribution in [0.2, 0.25) is 0 Å². The average Bonchev–Trinajstić information content (AvgIpc) is 2.57. The quantitative estimate of drug-likeness (QED) is 0.871. The summed E-state index contributed by atoms with van der Waals surface area (Å²) in [6.45, 7) is 7.51. The molecule has 0 radical (unpaired) electrons. The highest BCUT2D eigenvalue weighted by atomic mass is 15.5. The molecule has 0 aromatic carbocycles. The van der Waals surface area contributed by atoms with Crippen LogP contribution in [0.1, 0.15) is 44.5 Å². The van der Waals surface area contributed by atoms with Gasteiger partial charge in [0.25, 0.3) is 0 Å². The molecule has 4 nitrogen and oxygen atoms in total. The largest absolute Gasteiger partial charge is 0.271 e. The molecule has 0 aliphatic carbocycles. The minimum absolute atomic E-state index is 0.632. The van der Waals surface area contributed by atoms with Gasteiger partial charge in [0.05, 0.1) is 17.9 Å². The molecule has 0 spiro atoms. The standard InChI is InChI=1S/C13H24N4/c1-10-8-13(16(4)15-10)9-14-17-11(2)6-5-7-12(17)3/h8,11-12,14H,5-7,9H2,1-4H3. The van der Waals surface area contributed by atoms with Gasteiger partial charge in [-0.3, -0.25) is 4.68 Å². The second-order valence-corrected chi connectivity index (χ2v) is 5.27. The number of hydrogen-bond acceptors (Lipinski definition) is 3. The molecule has 2 rings (SSSR count). The van der Waals surface area contributed by atoms with Crippen molar-refractivity contribution in [1.29, 1.82) is 0 Å². The van der Waals surface area contributed by atoms with Crippen LogP contribution < -0.4 is 5.43 Å². The van der Waals surface area contributed by atoms with Crippen molar-refractivity contribution in [3.8, 4) is 0 Å². The van der Waals surface area contributed by atoms with Crippen molar-refractivity contribution in [2.75, 3.05) is 0 Å². The molecular weight excluding hydrogens is 212 g/mol. The zero-order valence-corrected chi connectivity index (χ0v) is 11.4. The van der Waals surface area contributed by atoms with E-state index in [0.29, 0.717) is 12.1 Å². The molecular formula is C13H24N4. The Bertz CT molecular complexity index is 361. The Morgan fingerprint density at radius 2 is 2.00 bits per heavy atom. The number of hydrogen-bond donors (Lipinski definition) is 1. The Morgan fingerprint density at radius 1 is 1.35 bits per heavy atom. The van der Waals surface area contributed by atoms with E-state index in [2.05, 4.69) is 35.4 Å². The van der Waals surface area contributed by atoms with Crippen molar-refractivity contribution in [2.24, 2.45) is 7.05 Å². The lowest BCUT2D eigenvalue weighted by Crippen LogP contribution is -2.51. The number of aromatic nitrogens is 2. The first-order chi connectivity index (χ1) is 8.08. The molecule has 1 saturated heterocycles. The molecule has 96 valence electrons. The van der Waals surface area contributed by atoms with Gasteiger partial charge in [-0.25, -0.2) is 10.4 Å². The number of nitrogens with one attached hydrogen (secondary N) is 1. The summed E-state index contributed by atoms with van der Waals surface area (Å²) in [5, 5.41) is 6.78. The van der Waals surface area contributed by atoms with Gasteiger partial charge in [0, 0.05) is 19.1 Å². The molecule has 1 aliphatic rings. The third-order valence-corrected chi connectivity index (χ3v) is 3.74. The van der Waals surface area contributed by atoms with Crippen molar-refractivity contribution in [3.05, 3.63) is 17.5 Å².